The van der Waals surface area contributed by atoms with E-state index in [1.165, 1.54) is 4.88 Å². The molecular weight excluding hydrogens is 532 g/mol. The van der Waals surface area contributed by atoms with Crippen molar-refractivity contribution in [3.8, 4) is 0 Å². The van der Waals surface area contributed by atoms with E-state index in [1.54, 1.807) is 11.3 Å². The molecule has 41 heavy (non-hydrogen) atoms. The number of Topliss-reactive ketones (excluding diaryl/α,β-unsaturated/α-hetero) is 1. The topological polar surface area (TPSA) is 76.5 Å². The average molecular weight is 581 g/mol. The maximum absolute atomic E-state index is 13.6. The third-order valence-corrected chi connectivity index (χ3v) is 9.11. The van der Waals surface area contributed by atoms with Crippen molar-refractivity contribution in [1.82, 2.24) is 19.8 Å². The number of carbonyl (C=O) groups is 2. The third kappa shape index (κ3) is 8.49. The monoisotopic (exact) mass is 580 g/mol. The number of morpholine rings is 1. The Hall–Kier alpha value is -2.55. The quantitative estimate of drug-likeness (QED) is 0.207. The Morgan fingerprint density at radius 2 is 1.85 bits per heavy atom. The first-order valence-electron chi connectivity index (χ1n) is 15.5. The van der Waals surface area contributed by atoms with Crippen LogP contribution in [0.25, 0.3) is 11.0 Å². The Kier molecular flexibility index (Phi) is 11.5. The summed E-state index contributed by atoms with van der Waals surface area (Å²) in [6.07, 6.45) is 4.61. The van der Waals surface area contributed by atoms with Crippen LogP contribution in [-0.2, 0) is 16.0 Å². The van der Waals surface area contributed by atoms with Gasteiger partial charge in [-0.2, -0.15) is 0 Å². The van der Waals surface area contributed by atoms with E-state index in [9.17, 15) is 9.59 Å². The van der Waals surface area contributed by atoms with Crippen molar-refractivity contribution in [2.75, 3.05) is 32.8 Å². The number of thiophene rings is 1. The van der Waals surface area contributed by atoms with E-state index in [4.69, 9.17) is 9.72 Å². The number of imidazole rings is 1. The molecule has 0 aliphatic carbocycles. The van der Waals surface area contributed by atoms with Crippen molar-refractivity contribution in [3.05, 3.63) is 52.0 Å². The van der Waals surface area contributed by atoms with E-state index >= 15 is 0 Å². The lowest BCUT2D eigenvalue weighted by Crippen LogP contribution is -2.42. The molecule has 1 aromatic carbocycles. The van der Waals surface area contributed by atoms with Gasteiger partial charge in [-0.15, -0.1) is 11.3 Å². The minimum atomic E-state index is -0.347. The Bertz CT molecular complexity index is 1260. The van der Waals surface area contributed by atoms with Crippen LogP contribution in [-0.4, -0.2) is 65.0 Å². The third-order valence-electron chi connectivity index (χ3n) is 8.23. The van der Waals surface area contributed by atoms with Gasteiger partial charge in [0.1, 0.15) is 5.82 Å². The molecule has 3 aromatic rings. The molecule has 1 aliphatic heterocycles. The Labute approximate surface area is 249 Å². The number of fused-ring (bicyclic) bond motifs is 1. The highest BCUT2D eigenvalue weighted by Gasteiger charge is 2.26. The molecule has 3 heterocycles. The van der Waals surface area contributed by atoms with Gasteiger partial charge in [0, 0.05) is 60.9 Å². The molecule has 2 atom stereocenters. The van der Waals surface area contributed by atoms with E-state index in [2.05, 4.69) is 73.0 Å². The molecule has 1 amide bonds. The summed E-state index contributed by atoms with van der Waals surface area (Å²) in [5.41, 5.74) is 2.57. The number of hydrogen-bond donors (Lipinski definition) is 1. The molecule has 7 nitrogen and oxygen atoms in total. The van der Waals surface area contributed by atoms with Gasteiger partial charge >= 0.3 is 0 Å². The summed E-state index contributed by atoms with van der Waals surface area (Å²) >= 11 is 1.75. The number of amides is 1. The van der Waals surface area contributed by atoms with Crippen LogP contribution in [0.4, 0.5) is 0 Å². The van der Waals surface area contributed by atoms with Gasteiger partial charge in [-0.25, -0.2) is 4.98 Å². The molecule has 0 saturated carbocycles. The molecule has 8 heteroatoms. The molecule has 224 valence electrons. The Morgan fingerprint density at radius 1 is 1.10 bits per heavy atom. The van der Waals surface area contributed by atoms with Crippen molar-refractivity contribution in [2.24, 2.45) is 11.8 Å². The lowest BCUT2D eigenvalue weighted by molar-refractivity contribution is -0.126. The number of hydrogen-bond acceptors (Lipinski definition) is 6. The molecule has 1 fully saturated rings. The molecule has 1 N–H and O–H groups in total. The van der Waals surface area contributed by atoms with Crippen LogP contribution in [0.5, 0.6) is 0 Å². The standard InChI is InChI=1S/C33H48N4O3S/c1-6-27(7-2)37-30-11-10-25(20-29(30)35-32(37)22-28-9-8-18-41-28)31(38)21-26(19-23(3)4)33(39)34-24(5)12-13-36-14-16-40-17-15-36/h8-11,18,20,23-24,26-27H,6-7,12-17,19,21-22H2,1-5H3,(H,34,39)/t24?,26-/m1/s1. The van der Waals surface area contributed by atoms with Crippen LogP contribution in [0.15, 0.2) is 35.7 Å². The highest BCUT2D eigenvalue weighted by molar-refractivity contribution is 7.09. The summed E-state index contributed by atoms with van der Waals surface area (Å²) in [5.74, 6) is 1.01. The van der Waals surface area contributed by atoms with E-state index in [-0.39, 0.29) is 30.1 Å². The minimum Gasteiger partial charge on any atom is -0.379 e. The maximum atomic E-state index is 13.6. The van der Waals surface area contributed by atoms with Gasteiger partial charge in [0.2, 0.25) is 5.91 Å². The number of nitrogens with one attached hydrogen (secondary N) is 1. The molecule has 0 spiro atoms. The van der Waals surface area contributed by atoms with Crippen molar-refractivity contribution in [1.29, 1.82) is 0 Å². The van der Waals surface area contributed by atoms with Crippen LogP contribution in [0, 0.1) is 11.8 Å². The van der Waals surface area contributed by atoms with Crippen LogP contribution in [0.1, 0.15) is 93.8 Å². The van der Waals surface area contributed by atoms with Gasteiger partial charge < -0.3 is 14.6 Å². The lowest BCUT2D eigenvalue weighted by Gasteiger charge is -2.28. The van der Waals surface area contributed by atoms with Gasteiger partial charge in [0.05, 0.1) is 24.2 Å². The summed E-state index contributed by atoms with van der Waals surface area (Å²) in [6, 6.07) is 10.6. The highest BCUT2D eigenvalue weighted by atomic mass is 32.1. The Balaban J connectivity index is 1.47. The second kappa shape index (κ2) is 15.1. The van der Waals surface area contributed by atoms with Crippen molar-refractivity contribution < 1.29 is 14.3 Å². The first-order valence-corrected chi connectivity index (χ1v) is 16.3. The maximum Gasteiger partial charge on any atom is 0.223 e. The average Bonchev–Trinajstić information content (AvgIpc) is 3.60. The van der Waals surface area contributed by atoms with Gasteiger partial charge in [-0.1, -0.05) is 33.8 Å². The fourth-order valence-corrected chi connectivity index (χ4v) is 6.61. The second-order valence-electron chi connectivity index (χ2n) is 11.9. The van der Waals surface area contributed by atoms with E-state index in [0.717, 1.165) is 75.4 Å². The smallest absolute Gasteiger partial charge is 0.223 e. The summed E-state index contributed by atoms with van der Waals surface area (Å²) in [5, 5.41) is 5.31. The van der Waals surface area contributed by atoms with Crippen molar-refractivity contribution in [3.63, 3.8) is 0 Å². The molecule has 0 bridgehead atoms. The van der Waals surface area contributed by atoms with Crippen LogP contribution in [0.2, 0.25) is 0 Å². The fraction of sp³-hybridized carbons (Fsp3) is 0.606. The van der Waals surface area contributed by atoms with Crippen molar-refractivity contribution >= 4 is 34.1 Å². The molecule has 0 radical (unpaired) electrons. The number of ether oxygens (including phenoxy) is 1. The molecule has 2 aromatic heterocycles. The van der Waals surface area contributed by atoms with Gasteiger partial charge in [0.15, 0.2) is 5.78 Å². The van der Waals surface area contributed by atoms with Crippen LogP contribution in [0.3, 0.4) is 0 Å². The molecule has 1 aliphatic rings. The van der Waals surface area contributed by atoms with E-state index in [0.29, 0.717) is 23.9 Å². The van der Waals surface area contributed by atoms with Crippen LogP contribution >= 0.6 is 11.3 Å². The van der Waals surface area contributed by atoms with E-state index in [1.807, 2.05) is 12.1 Å². The second-order valence-corrected chi connectivity index (χ2v) is 13.0. The zero-order chi connectivity index (χ0) is 29.4. The highest BCUT2D eigenvalue weighted by Crippen LogP contribution is 2.29. The predicted molar refractivity (Wildman–Crippen MR) is 168 cm³/mol. The first-order chi connectivity index (χ1) is 19.8. The number of benzene rings is 1. The van der Waals surface area contributed by atoms with E-state index < -0.39 is 0 Å². The van der Waals surface area contributed by atoms with Gasteiger partial charge in [-0.3, -0.25) is 14.5 Å². The lowest BCUT2D eigenvalue weighted by atomic mass is 9.89. The number of ketones is 1. The largest absolute Gasteiger partial charge is 0.379 e. The van der Waals surface area contributed by atoms with Crippen LogP contribution < -0.4 is 5.32 Å². The van der Waals surface area contributed by atoms with Crippen molar-refractivity contribution in [2.45, 2.75) is 85.2 Å². The predicted octanol–water partition coefficient (Wildman–Crippen LogP) is 6.51. The van der Waals surface area contributed by atoms with Gasteiger partial charge in [-0.05, 0) is 68.2 Å². The summed E-state index contributed by atoms with van der Waals surface area (Å²) in [6.45, 7) is 15.1. The molecule has 1 unspecified atom stereocenters. The zero-order valence-corrected chi connectivity index (χ0v) is 26.3. The molecular formula is C33H48N4O3S. The summed E-state index contributed by atoms with van der Waals surface area (Å²) in [4.78, 5) is 35.6. The number of rotatable bonds is 15. The zero-order valence-electron chi connectivity index (χ0n) is 25.5. The number of nitrogens with zero attached hydrogens (tertiary/aromatic N) is 3. The first kappa shape index (κ1) is 31.4. The Morgan fingerprint density at radius 3 is 2.51 bits per heavy atom. The molecule has 1 saturated heterocycles. The summed E-state index contributed by atoms with van der Waals surface area (Å²) < 4.78 is 7.81. The number of carbonyl (C=O) groups excluding carboxylic acids is 2. The number of aromatic nitrogens is 2. The van der Waals surface area contributed by atoms with Gasteiger partial charge in [0.25, 0.3) is 0 Å². The minimum absolute atomic E-state index is 0.00515. The normalized spacial score (nSPS) is 16.0. The fourth-order valence-electron chi connectivity index (χ4n) is 5.90. The summed E-state index contributed by atoms with van der Waals surface area (Å²) in [7, 11) is 0. The molecule has 4 rings (SSSR count). The SMILES string of the molecule is CCC(CC)n1c(Cc2cccs2)nc2cc(C(=O)C[C@@H](CC(C)C)C(=O)NC(C)CCN3CCOCC3)ccc21.